The van der Waals surface area contributed by atoms with Gasteiger partial charge in [0.1, 0.15) is 23.2 Å². The zero-order valence-electron chi connectivity index (χ0n) is 12.4. The molecule has 0 saturated carbocycles. The molecular formula is C16H10ClN3O3S. The first kappa shape index (κ1) is 16.1. The van der Waals surface area contributed by atoms with Crippen LogP contribution in [0.3, 0.4) is 0 Å². The second-order valence-corrected chi connectivity index (χ2v) is 6.02. The molecule has 0 unspecified atom stereocenters. The number of methoxy groups -OCH3 is 1. The van der Waals surface area contributed by atoms with E-state index in [1.807, 2.05) is 18.2 Å². The summed E-state index contributed by atoms with van der Waals surface area (Å²) < 4.78 is 11.2. The zero-order valence-corrected chi connectivity index (χ0v) is 13.9. The van der Waals surface area contributed by atoms with Crippen molar-refractivity contribution < 1.29 is 13.9 Å². The van der Waals surface area contributed by atoms with E-state index in [-0.39, 0.29) is 10.8 Å². The monoisotopic (exact) mass is 359 g/mol. The summed E-state index contributed by atoms with van der Waals surface area (Å²) >= 11 is 6.97. The summed E-state index contributed by atoms with van der Waals surface area (Å²) in [5, 5.41) is 12.3. The third kappa shape index (κ3) is 3.40. The third-order valence-electron chi connectivity index (χ3n) is 3.06. The molecule has 0 spiro atoms. The number of furan rings is 1. The van der Waals surface area contributed by atoms with Crippen molar-refractivity contribution in [2.45, 2.75) is 0 Å². The summed E-state index contributed by atoms with van der Waals surface area (Å²) in [6, 6.07) is 10.4. The minimum absolute atomic E-state index is 0.113. The van der Waals surface area contributed by atoms with Crippen LogP contribution >= 0.6 is 22.9 Å². The molecule has 2 heterocycles. The smallest absolute Gasteiger partial charge is 0.268 e. The number of anilines is 1. The molecule has 0 bridgehead atoms. The number of nitrogens with one attached hydrogen (secondary N) is 1. The Labute approximate surface area is 145 Å². The quantitative estimate of drug-likeness (QED) is 0.559. The highest BCUT2D eigenvalue weighted by molar-refractivity contribution is 7.22. The van der Waals surface area contributed by atoms with Crippen molar-refractivity contribution in [2.24, 2.45) is 0 Å². The molecule has 6 nitrogen and oxygen atoms in total. The Morgan fingerprint density at radius 1 is 1.46 bits per heavy atom. The standard InChI is InChI=1S/C16H10ClN3O3S/c1-22-10-2-4-13-12(7-10)19-16(24-13)20-15(21)9(8-18)6-11-3-5-14(17)23-11/h2-7H,1H3,(H,19,20,21)/b9-6+. The molecule has 3 rings (SSSR count). The van der Waals surface area contributed by atoms with Gasteiger partial charge in [0.2, 0.25) is 0 Å². The number of rotatable bonds is 4. The number of nitrogens with zero attached hydrogens (tertiary/aromatic N) is 2. The summed E-state index contributed by atoms with van der Waals surface area (Å²) in [5.41, 5.74) is 0.591. The van der Waals surface area contributed by atoms with E-state index in [9.17, 15) is 4.79 Å². The highest BCUT2D eigenvalue weighted by Gasteiger charge is 2.13. The van der Waals surface area contributed by atoms with E-state index in [0.29, 0.717) is 22.2 Å². The SMILES string of the molecule is COc1ccc2sc(NC(=O)/C(C#N)=C/c3ccc(Cl)o3)nc2c1. The van der Waals surface area contributed by atoms with Crippen molar-refractivity contribution in [3.63, 3.8) is 0 Å². The summed E-state index contributed by atoms with van der Waals surface area (Å²) in [6.45, 7) is 0. The van der Waals surface area contributed by atoms with Gasteiger partial charge >= 0.3 is 0 Å². The number of thiazole rings is 1. The molecule has 0 radical (unpaired) electrons. The van der Waals surface area contributed by atoms with Crippen molar-refractivity contribution in [1.82, 2.24) is 4.98 Å². The largest absolute Gasteiger partial charge is 0.497 e. The summed E-state index contributed by atoms with van der Waals surface area (Å²) in [5.74, 6) is 0.426. The van der Waals surface area contributed by atoms with Crippen LogP contribution < -0.4 is 10.1 Å². The minimum atomic E-state index is -0.573. The molecule has 1 N–H and O–H groups in total. The predicted molar refractivity (Wildman–Crippen MR) is 92.1 cm³/mol. The molecular weight excluding hydrogens is 350 g/mol. The van der Waals surface area contributed by atoms with Gasteiger partial charge in [-0.25, -0.2) is 4.98 Å². The first-order chi connectivity index (χ1) is 11.6. The fraction of sp³-hybridized carbons (Fsp3) is 0.0625. The lowest BCUT2D eigenvalue weighted by Crippen LogP contribution is -2.13. The number of nitriles is 1. The number of carbonyl (C=O) groups is 1. The zero-order chi connectivity index (χ0) is 17.1. The molecule has 1 aromatic carbocycles. The number of ether oxygens (including phenoxy) is 1. The highest BCUT2D eigenvalue weighted by atomic mass is 35.5. The van der Waals surface area contributed by atoms with E-state index >= 15 is 0 Å². The summed E-state index contributed by atoms with van der Waals surface area (Å²) in [4.78, 5) is 16.5. The van der Waals surface area contributed by atoms with Crippen LogP contribution in [0.15, 0.2) is 40.3 Å². The molecule has 120 valence electrons. The van der Waals surface area contributed by atoms with E-state index in [2.05, 4.69) is 10.3 Å². The van der Waals surface area contributed by atoms with Crippen molar-refractivity contribution in [2.75, 3.05) is 12.4 Å². The number of hydrogen-bond acceptors (Lipinski definition) is 6. The van der Waals surface area contributed by atoms with Crippen molar-refractivity contribution in [1.29, 1.82) is 5.26 Å². The van der Waals surface area contributed by atoms with Gasteiger partial charge in [-0.2, -0.15) is 5.26 Å². The molecule has 24 heavy (non-hydrogen) atoms. The maximum Gasteiger partial charge on any atom is 0.268 e. The van der Waals surface area contributed by atoms with Gasteiger partial charge in [-0.05, 0) is 35.9 Å². The first-order valence-corrected chi connectivity index (χ1v) is 7.91. The van der Waals surface area contributed by atoms with Crippen LogP contribution in [0.5, 0.6) is 5.75 Å². The van der Waals surface area contributed by atoms with E-state index in [1.54, 1.807) is 19.2 Å². The molecule has 3 aromatic rings. The lowest BCUT2D eigenvalue weighted by molar-refractivity contribution is -0.112. The Morgan fingerprint density at radius 2 is 2.29 bits per heavy atom. The Morgan fingerprint density at radius 3 is 2.96 bits per heavy atom. The minimum Gasteiger partial charge on any atom is -0.497 e. The average Bonchev–Trinajstić information content (AvgIpc) is 3.16. The predicted octanol–water partition coefficient (Wildman–Crippen LogP) is 4.10. The van der Waals surface area contributed by atoms with Crippen LogP contribution in [0.25, 0.3) is 16.3 Å². The molecule has 0 aliphatic carbocycles. The van der Waals surface area contributed by atoms with Crippen LogP contribution in [0.2, 0.25) is 5.22 Å². The van der Waals surface area contributed by atoms with Gasteiger partial charge in [0.15, 0.2) is 10.4 Å². The van der Waals surface area contributed by atoms with Crippen LogP contribution in [0.1, 0.15) is 5.76 Å². The number of hydrogen-bond donors (Lipinski definition) is 1. The fourth-order valence-corrected chi connectivity index (χ4v) is 2.94. The number of carbonyl (C=O) groups excluding carboxylic acids is 1. The number of halogens is 1. The van der Waals surface area contributed by atoms with Crippen LogP contribution in [-0.4, -0.2) is 18.0 Å². The van der Waals surface area contributed by atoms with Gasteiger partial charge in [0.25, 0.3) is 5.91 Å². The first-order valence-electron chi connectivity index (χ1n) is 6.72. The maximum absolute atomic E-state index is 12.2. The molecule has 2 aromatic heterocycles. The van der Waals surface area contributed by atoms with Gasteiger partial charge in [-0.1, -0.05) is 11.3 Å². The normalized spacial score (nSPS) is 11.3. The Kier molecular flexibility index (Phi) is 4.51. The van der Waals surface area contributed by atoms with E-state index < -0.39 is 5.91 Å². The lowest BCUT2D eigenvalue weighted by atomic mass is 10.2. The maximum atomic E-state index is 12.2. The van der Waals surface area contributed by atoms with Crippen LogP contribution in [-0.2, 0) is 4.79 Å². The van der Waals surface area contributed by atoms with E-state index in [0.717, 1.165) is 4.70 Å². The third-order valence-corrected chi connectivity index (χ3v) is 4.22. The molecule has 0 aliphatic heterocycles. The molecule has 0 saturated heterocycles. The summed E-state index contributed by atoms with van der Waals surface area (Å²) in [6.07, 6.45) is 1.32. The molecule has 8 heteroatoms. The number of amides is 1. The Balaban J connectivity index is 1.83. The highest BCUT2D eigenvalue weighted by Crippen LogP contribution is 2.29. The molecule has 0 atom stereocenters. The van der Waals surface area contributed by atoms with E-state index in [1.165, 1.54) is 23.5 Å². The van der Waals surface area contributed by atoms with Gasteiger partial charge in [0, 0.05) is 12.1 Å². The molecule has 1 amide bonds. The fourth-order valence-electron chi connectivity index (χ4n) is 1.95. The van der Waals surface area contributed by atoms with Gasteiger partial charge in [0.05, 0.1) is 17.3 Å². The number of aromatic nitrogens is 1. The lowest BCUT2D eigenvalue weighted by Gasteiger charge is -1.98. The summed E-state index contributed by atoms with van der Waals surface area (Å²) in [7, 11) is 1.57. The van der Waals surface area contributed by atoms with Crippen molar-refractivity contribution in [3.8, 4) is 11.8 Å². The molecule has 0 fully saturated rings. The van der Waals surface area contributed by atoms with Crippen LogP contribution in [0.4, 0.5) is 5.13 Å². The Hall–Kier alpha value is -2.82. The second-order valence-electron chi connectivity index (χ2n) is 4.62. The Bertz CT molecular complexity index is 984. The van der Waals surface area contributed by atoms with Crippen molar-refractivity contribution in [3.05, 3.63) is 46.9 Å². The number of fused-ring (bicyclic) bond motifs is 1. The number of benzene rings is 1. The van der Waals surface area contributed by atoms with Crippen LogP contribution in [0, 0.1) is 11.3 Å². The average molecular weight is 360 g/mol. The second kappa shape index (κ2) is 6.74. The van der Waals surface area contributed by atoms with E-state index in [4.69, 9.17) is 26.0 Å². The van der Waals surface area contributed by atoms with Gasteiger partial charge in [-0.15, -0.1) is 0 Å². The van der Waals surface area contributed by atoms with Crippen molar-refractivity contribution >= 4 is 50.3 Å². The van der Waals surface area contributed by atoms with Gasteiger partial charge < -0.3 is 9.15 Å². The molecule has 0 aliphatic rings. The topological polar surface area (TPSA) is 88.1 Å². The van der Waals surface area contributed by atoms with Gasteiger partial charge in [-0.3, -0.25) is 10.1 Å².